The van der Waals surface area contributed by atoms with Crippen molar-refractivity contribution < 1.29 is 8.42 Å². The van der Waals surface area contributed by atoms with Crippen LogP contribution >= 0.6 is 24.0 Å². The molecule has 0 aromatic carbocycles. The Balaban J connectivity index is 0.00000144. The summed E-state index contributed by atoms with van der Waals surface area (Å²) >= 11 is 6.16. The molecular formula is C13H16Cl2N4O2S. The molecule has 2 aromatic heterocycles. The number of hydrogen-bond acceptors (Lipinski definition) is 4. The van der Waals surface area contributed by atoms with Crippen LogP contribution in [0.25, 0.3) is 11.0 Å². The minimum absolute atomic E-state index is 0. The number of nitrogens with zero attached hydrogens (tertiary/aromatic N) is 2. The van der Waals surface area contributed by atoms with Crippen molar-refractivity contribution in [1.82, 2.24) is 19.6 Å². The molecule has 2 aliphatic heterocycles. The quantitative estimate of drug-likeness (QED) is 0.847. The van der Waals surface area contributed by atoms with Crippen molar-refractivity contribution in [2.45, 2.75) is 4.90 Å². The van der Waals surface area contributed by atoms with Gasteiger partial charge in [0.2, 0.25) is 10.0 Å². The molecule has 0 aliphatic carbocycles. The van der Waals surface area contributed by atoms with E-state index in [0.29, 0.717) is 41.0 Å². The highest BCUT2D eigenvalue weighted by atomic mass is 35.5. The van der Waals surface area contributed by atoms with Crippen LogP contribution in [-0.4, -0.2) is 48.9 Å². The molecule has 120 valence electrons. The molecule has 9 heteroatoms. The number of hydrogen-bond donors (Lipinski definition) is 2. The van der Waals surface area contributed by atoms with Gasteiger partial charge in [-0.2, -0.15) is 4.31 Å². The van der Waals surface area contributed by atoms with Gasteiger partial charge in [-0.1, -0.05) is 11.6 Å². The standard InChI is InChI=1S/C13H15ClN4O2S.ClH/c14-10-1-2-16-13-12(10)11(5-17-13)21(19,20)18-6-8-3-15-4-9(8)7-18;/h1-2,5,8-9,15H,3-4,6-7H2,(H,16,17);1H/t8-,9+;. The van der Waals surface area contributed by atoms with E-state index in [0.717, 1.165) is 13.1 Å². The van der Waals surface area contributed by atoms with Crippen molar-refractivity contribution >= 4 is 45.1 Å². The molecule has 2 saturated heterocycles. The molecule has 2 fully saturated rings. The molecule has 0 spiro atoms. The van der Waals surface area contributed by atoms with Gasteiger partial charge in [0.15, 0.2) is 0 Å². The molecule has 2 N–H and O–H groups in total. The molecule has 6 nitrogen and oxygen atoms in total. The van der Waals surface area contributed by atoms with Gasteiger partial charge < -0.3 is 10.3 Å². The fourth-order valence-corrected chi connectivity index (χ4v) is 5.37. The van der Waals surface area contributed by atoms with E-state index in [9.17, 15) is 8.42 Å². The summed E-state index contributed by atoms with van der Waals surface area (Å²) in [4.78, 5) is 7.25. The first kappa shape index (κ1) is 16.0. The number of aromatic nitrogens is 2. The molecule has 2 aromatic rings. The summed E-state index contributed by atoms with van der Waals surface area (Å²) in [6.45, 7) is 2.94. The summed E-state index contributed by atoms with van der Waals surface area (Å²) in [5, 5.41) is 4.20. The first-order valence-corrected chi connectivity index (χ1v) is 8.71. The molecule has 0 radical (unpaired) electrons. The second kappa shape index (κ2) is 5.65. The van der Waals surface area contributed by atoms with Gasteiger partial charge in [0.25, 0.3) is 0 Å². The van der Waals surface area contributed by atoms with E-state index in [-0.39, 0.29) is 17.3 Å². The Labute approximate surface area is 139 Å². The van der Waals surface area contributed by atoms with Crippen LogP contribution in [0.5, 0.6) is 0 Å². The highest BCUT2D eigenvalue weighted by molar-refractivity contribution is 7.89. The van der Waals surface area contributed by atoms with E-state index in [1.54, 1.807) is 16.6 Å². The average molecular weight is 363 g/mol. The second-order valence-corrected chi connectivity index (χ2v) is 7.98. The van der Waals surface area contributed by atoms with Gasteiger partial charge >= 0.3 is 0 Å². The third-order valence-electron chi connectivity index (χ3n) is 4.46. The highest BCUT2D eigenvalue weighted by Crippen LogP contribution is 2.34. The summed E-state index contributed by atoms with van der Waals surface area (Å²) < 4.78 is 27.4. The van der Waals surface area contributed by atoms with Gasteiger partial charge in [0.05, 0.1) is 10.4 Å². The fourth-order valence-electron chi connectivity index (χ4n) is 3.34. The molecular weight excluding hydrogens is 347 g/mol. The molecule has 4 heterocycles. The third-order valence-corrected chi connectivity index (χ3v) is 6.63. The number of nitrogens with one attached hydrogen (secondary N) is 2. The largest absolute Gasteiger partial charge is 0.345 e. The van der Waals surface area contributed by atoms with Crippen molar-refractivity contribution in [3.8, 4) is 0 Å². The first-order chi connectivity index (χ1) is 10.1. The number of rotatable bonds is 2. The topological polar surface area (TPSA) is 78.1 Å². The van der Waals surface area contributed by atoms with Crippen LogP contribution in [0.15, 0.2) is 23.4 Å². The summed E-state index contributed by atoms with van der Waals surface area (Å²) in [5.74, 6) is 0.831. The SMILES string of the molecule is Cl.O=S(=O)(c1c[nH]c2nccc(Cl)c12)N1C[C@H]2CNC[C@H]2C1. The molecule has 4 rings (SSSR count). The van der Waals surface area contributed by atoms with Crippen LogP contribution < -0.4 is 5.32 Å². The number of H-pyrrole nitrogens is 1. The number of fused-ring (bicyclic) bond motifs is 2. The average Bonchev–Trinajstić information content (AvgIpc) is 3.12. The van der Waals surface area contributed by atoms with Gasteiger partial charge in [0.1, 0.15) is 10.5 Å². The van der Waals surface area contributed by atoms with Gasteiger partial charge in [0, 0.05) is 25.5 Å². The normalized spacial score (nSPS) is 25.3. The molecule has 0 unspecified atom stereocenters. The van der Waals surface area contributed by atoms with Gasteiger partial charge in [-0.25, -0.2) is 13.4 Å². The minimum atomic E-state index is -3.54. The Bertz CT molecular complexity index is 795. The Kier molecular flexibility index (Phi) is 4.11. The summed E-state index contributed by atoms with van der Waals surface area (Å²) in [6, 6.07) is 1.61. The lowest BCUT2D eigenvalue weighted by Gasteiger charge is -2.17. The molecule has 0 bridgehead atoms. The van der Waals surface area contributed by atoms with Gasteiger partial charge in [-0.05, 0) is 31.0 Å². The van der Waals surface area contributed by atoms with Crippen LogP contribution in [0.4, 0.5) is 0 Å². The summed E-state index contributed by atoms with van der Waals surface area (Å²) in [5.41, 5.74) is 0.502. The molecule has 22 heavy (non-hydrogen) atoms. The second-order valence-electron chi connectivity index (χ2n) is 5.67. The number of sulfonamides is 1. The summed E-state index contributed by atoms with van der Waals surface area (Å²) in [7, 11) is -3.54. The maximum atomic E-state index is 12.9. The molecule has 2 atom stereocenters. The van der Waals surface area contributed by atoms with Crippen molar-refractivity contribution in [3.63, 3.8) is 0 Å². The zero-order valence-electron chi connectivity index (χ0n) is 11.6. The van der Waals surface area contributed by atoms with Crippen LogP contribution in [-0.2, 0) is 10.0 Å². The van der Waals surface area contributed by atoms with Crippen molar-refractivity contribution in [2.24, 2.45) is 11.8 Å². The molecule has 0 amide bonds. The number of halogens is 2. The van der Waals surface area contributed by atoms with Crippen LogP contribution in [0.1, 0.15) is 0 Å². The van der Waals surface area contributed by atoms with E-state index < -0.39 is 10.0 Å². The Morgan fingerprint density at radius 2 is 1.95 bits per heavy atom. The third kappa shape index (κ3) is 2.32. The maximum Gasteiger partial charge on any atom is 0.245 e. The first-order valence-electron chi connectivity index (χ1n) is 6.90. The van der Waals surface area contributed by atoms with E-state index >= 15 is 0 Å². The fraction of sp³-hybridized carbons (Fsp3) is 0.462. The minimum Gasteiger partial charge on any atom is -0.345 e. The Hall–Kier alpha value is -0.860. The van der Waals surface area contributed by atoms with Crippen LogP contribution in [0.3, 0.4) is 0 Å². The summed E-state index contributed by atoms with van der Waals surface area (Å²) in [6.07, 6.45) is 3.05. The Morgan fingerprint density at radius 3 is 2.64 bits per heavy atom. The van der Waals surface area contributed by atoms with Gasteiger partial charge in [-0.15, -0.1) is 12.4 Å². The Morgan fingerprint density at radius 1 is 1.27 bits per heavy atom. The lowest BCUT2D eigenvalue weighted by Crippen LogP contribution is -2.31. The smallest absolute Gasteiger partial charge is 0.245 e. The van der Waals surface area contributed by atoms with Crippen LogP contribution in [0.2, 0.25) is 5.02 Å². The van der Waals surface area contributed by atoms with E-state index in [4.69, 9.17) is 11.6 Å². The predicted molar refractivity (Wildman–Crippen MR) is 87.0 cm³/mol. The van der Waals surface area contributed by atoms with Crippen molar-refractivity contribution in [3.05, 3.63) is 23.5 Å². The molecule has 2 aliphatic rings. The number of aromatic amines is 1. The molecule has 0 saturated carbocycles. The van der Waals surface area contributed by atoms with Crippen molar-refractivity contribution in [1.29, 1.82) is 0 Å². The predicted octanol–water partition coefficient (Wildman–Crippen LogP) is 1.48. The van der Waals surface area contributed by atoms with E-state index in [2.05, 4.69) is 15.3 Å². The van der Waals surface area contributed by atoms with E-state index in [1.807, 2.05) is 0 Å². The zero-order valence-corrected chi connectivity index (χ0v) is 14.0. The maximum absolute atomic E-state index is 12.9. The van der Waals surface area contributed by atoms with Crippen LogP contribution in [0, 0.1) is 11.8 Å². The number of pyridine rings is 1. The van der Waals surface area contributed by atoms with E-state index in [1.165, 1.54) is 6.20 Å². The lowest BCUT2D eigenvalue weighted by atomic mass is 10.0. The highest BCUT2D eigenvalue weighted by Gasteiger charge is 2.42. The monoisotopic (exact) mass is 362 g/mol. The zero-order chi connectivity index (χ0) is 14.6. The van der Waals surface area contributed by atoms with Gasteiger partial charge in [-0.3, -0.25) is 0 Å². The lowest BCUT2D eigenvalue weighted by molar-refractivity contribution is 0.448. The van der Waals surface area contributed by atoms with Crippen molar-refractivity contribution in [2.75, 3.05) is 26.2 Å².